The first kappa shape index (κ1) is 9.27. The molecular formula is C10H11ClO. The first-order chi connectivity index (χ1) is 5.77. The molecule has 1 nitrogen and oxygen atoms in total. The van der Waals surface area contributed by atoms with Crippen molar-refractivity contribution in [1.29, 1.82) is 0 Å². The molecule has 0 amide bonds. The molecule has 1 aromatic rings. The van der Waals surface area contributed by atoms with Gasteiger partial charge >= 0.3 is 0 Å². The van der Waals surface area contributed by atoms with Crippen LogP contribution in [-0.2, 0) is 10.7 Å². The lowest BCUT2D eigenvalue weighted by atomic mass is 10.0. The van der Waals surface area contributed by atoms with Crippen molar-refractivity contribution in [2.45, 2.75) is 18.7 Å². The van der Waals surface area contributed by atoms with Gasteiger partial charge in [0.2, 0.25) is 0 Å². The number of halogens is 1. The number of rotatable bonds is 3. The summed E-state index contributed by atoms with van der Waals surface area (Å²) in [7, 11) is 0. The van der Waals surface area contributed by atoms with E-state index in [9.17, 15) is 4.79 Å². The smallest absolute Gasteiger partial charge is 0.127 e. The summed E-state index contributed by atoms with van der Waals surface area (Å²) in [5, 5.41) is 0. The average Bonchev–Trinajstić information content (AvgIpc) is 2.17. The first-order valence-electron chi connectivity index (χ1n) is 3.88. The predicted octanol–water partition coefficient (Wildman–Crippen LogP) is 2.73. The van der Waals surface area contributed by atoms with Crippen LogP contribution in [-0.4, -0.2) is 6.29 Å². The van der Waals surface area contributed by atoms with E-state index in [1.165, 1.54) is 0 Å². The number of hydrogen-bond donors (Lipinski definition) is 0. The monoisotopic (exact) mass is 182 g/mol. The summed E-state index contributed by atoms with van der Waals surface area (Å²) >= 11 is 5.62. The summed E-state index contributed by atoms with van der Waals surface area (Å²) in [6.07, 6.45) is 0.940. The Morgan fingerprint density at radius 2 is 2.00 bits per heavy atom. The highest BCUT2D eigenvalue weighted by atomic mass is 35.5. The molecule has 1 rings (SSSR count). The minimum atomic E-state index is -0.0191. The topological polar surface area (TPSA) is 17.1 Å². The Balaban J connectivity index is 2.84. The van der Waals surface area contributed by atoms with Crippen molar-refractivity contribution in [3.8, 4) is 0 Å². The Bertz CT molecular complexity index is 253. The average molecular weight is 183 g/mol. The van der Waals surface area contributed by atoms with E-state index < -0.39 is 0 Å². The lowest BCUT2D eigenvalue weighted by Crippen LogP contribution is -1.93. The van der Waals surface area contributed by atoms with Crippen LogP contribution in [0.2, 0.25) is 0 Å². The molecule has 0 aliphatic carbocycles. The zero-order valence-electron chi connectivity index (χ0n) is 6.96. The fourth-order valence-electron chi connectivity index (χ4n) is 0.989. The SMILES string of the molecule is CC(C=O)c1ccc(CCl)cc1. The Kier molecular flexibility index (Phi) is 3.30. The molecule has 64 valence electrons. The van der Waals surface area contributed by atoms with Crippen molar-refractivity contribution in [2.24, 2.45) is 0 Å². The molecule has 0 aliphatic heterocycles. The molecule has 2 heteroatoms. The second-order valence-corrected chi connectivity index (χ2v) is 3.07. The molecule has 0 aliphatic rings. The van der Waals surface area contributed by atoms with E-state index in [0.29, 0.717) is 5.88 Å². The van der Waals surface area contributed by atoms with Gasteiger partial charge in [-0.2, -0.15) is 0 Å². The van der Waals surface area contributed by atoms with Crippen LogP contribution in [0, 0.1) is 0 Å². The van der Waals surface area contributed by atoms with Gasteiger partial charge in [0.1, 0.15) is 6.29 Å². The molecule has 0 heterocycles. The number of aldehydes is 1. The van der Waals surface area contributed by atoms with Gasteiger partial charge in [0.05, 0.1) is 0 Å². The highest BCUT2D eigenvalue weighted by molar-refractivity contribution is 6.17. The maximum atomic E-state index is 10.4. The van der Waals surface area contributed by atoms with Crippen molar-refractivity contribution in [1.82, 2.24) is 0 Å². The van der Waals surface area contributed by atoms with Crippen molar-refractivity contribution < 1.29 is 4.79 Å². The van der Waals surface area contributed by atoms with Crippen molar-refractivity contribution in [3.05, 3.63) is 35.4 Å². The third kappa shape index (κ3) is 2.08. The van der Waals surface area contributed by atoms with Gasteiger partial charge in [-0.15, -0.1) is 11.6 Å². The highest BCUT2D eigenvalue weighted by Crippen LogP contribution is 2.14. The Morgan fingerprint density at radius 3 is 2.42 bits per heavy atom. The second-order valence-electron chi connectivity index (χ2n) is 2.80. The molecule has 0 bridgehead atoms. The quantitative estimate of drug-likeness (QED) is 0.519. The summed E-state index contributed by atoms with van der Waals surface area (Å²) in [4.78, 5) is 10.4. The standard InChI is InChI=1S/C10H11ClO/c1-8(7-12)10-4-2-9(6-11)3-5-10/h2-5,7-8H,6H2,1H3. The van der Waals surface area contributed by atoms with Crippen LogP contribution in [0.5, 0.6) is 0 Å². The molecule has 12 heavy (non-hydrogen) atoms. The third-order valence-corrected chi connectivity index (χ3v) is 2.17. The summed E-state index contributed by atoms with van der Waals surface area (Å²) in [6, 6.07) is 7.78. The third-order valence-electron chi connectivity index (χ3n) is 1.86. The maximum Gasteiger partial charge on any atom is 0.127 e. The Hall–Kier alpha value is -0.820. The van der Waals surface area contributed by atoms with E-state index in [2.05, 4.69) is 0 Å². The highest BCUT2D eigenvalue weighted by Gasteiger charge is 2.01. The van der Waals surface area contributed by atoms with E-state index in [-0.39, 0.29) is 5.92 Å². The van der Waals surface area contributed by atoms with Crippen LogP contribution in [0.3, 0.4) is 0 Å². The minimum absolute atomic E-state index is 0.0191. The molecule has 0 radical (unpaired) electrons. The first-order valence-corrected chi connectivity index (χ1v) is 4.41. The molecule has 1 unspecified atom stereocenters. The zero-order chi connectivity index (χ0) is 8.97. The normalized spacial score (nSPS) is 12.5. The van der Waals surface area contributed by atoms with Gasteiger partial charge in [0.25, 0.3) is 0 Å². The fourth-order valence-corrected chi connectivity index (χ4v) is 1.17. The van der Waals surface area contributed by atoms with Crippen LogP contribution >= 0.6 is 11.6 Å². The van der Waals surface area contributed by atoms with Gasteiger partial charge < -0.3 is 4.79 Å². The molecular weight excluding hydrogens is 172 g/mol. The van der Waals surface area contributed by atoms with E-state index in [1.807, 2.05) is 31.2 Å². The van der Waals surface area contributed by atoms with Crippen LogP contribution < -0.4 is 0 Å². The van der Waals surface area contributed by atoms with Crippen LogP contribution in [0.15, 0.2) is 24.3 Å². The second kappa shape index (κ2) is 4.27. The molecule has 1 atom stereocenters. The number of carbonyl (C=O) groups excluding carboxylic acids is 1. The van der Waals surface area contributed by atoms with Gasteiger partial charge in [0.15, 0.2) is 0 Å². The molecule has 0 aromatic heterocycles. The van der Waals surface area contributed by atoms with E-state index in [0.717, 1.165) is 17.4 Å². The van der Waals surface area contributed by atoms with Gasteiger partial charge in [0, 0.05) is 11.8 Å². The van der Waals surface area contributed by atoms with Crippen LogP contribution in [0.4, 0.5) is 0 Å². The van der Waals surface area contributed by atoms with E-state index in [4.69, 9.17) is 11.6 Å². The van der Waals surface area contributed by atoms with Crippen LogP contribution in [0.1, 0.15) is 24.0 Å². The van der Waals surface area contributed by atoms with E-state index in [1.54, 1.807) is 0 Å². The molecule has 1 aromatic carbocycles. The number of carbonyl (C=O) groups is 1. The number of hydrogen-bond acceptors (Lipinski definition) is 1. The van der Waals surface area contributed by atoms with Crippen molar-refractivity contribution in [2.75, 3.05) is 0 Å². The summed E-state index contributed by atoms with van der Waals surface area (Å²) in [6.45, 7) is 1.88. The predicted molar refractivity (Wildman–Crippen MR) is 50.5 cm³/mol. The van der Waals surface area contributed by atoms with Crippen LogP contribution in [0.25, 0.3) is 0 Å². The summed E-state index contributed by atoms with van der Waals surface area (Å²) in [5.41, 5.74) is 2.12. The molecule has 0 saturated heterocycles. The molecule has 0 fully saturated rings. The lowest BCUT2D eigenvalue weighted by Gasteiger charge is -2.03. The molecule has 0 saturated carbocycles. The van der Waals surface area contributed by atoms with Gasteiger partial charge in [-0.25, -0.2) is 0 Å². The van der Waals surface area contributed by atoms with Gasteiger partial charge in [-0.1, -0.05) is 31.2 Å². The largest absolute Gasteiger partial charge is 0.303 e. The molecule has 0 spiro atoms. The van der Waals surface area contributed by atoms with E-state index >= 15 is 0 Å². The maximum absolute atomic E-state index is 10.4. The Morgan fingerprint density at radius 1 is 1.42 bits per heavy atom. The summed E-state index contributed by atoms with van der Waals surface area (Å²) < 4.78 is 0. The zero-order valence-corrected chi connectivity index (χ0v) is 7.71. The minimum Gasteiger partial charge on any atom is -0.303 e. The fraction of sp³-hybridized carbons (Fsp3) is 0.300. The van der Waals surface area contributed by atoms with Gasteiger partial charge in [-0.3, -0.25) is 0 Å². The van der Waals surface area contributed by atoms with Crippen molar-refractivity contribution in [3.63, 3.8) is 0 Å². The number of alkyl halides is 1. The summed E-state index contributed by atoms with van der Waals surface area (Å²) in [5.74, 6) is 0.504. The Labute approximate surface area is 77.4 Å². The van der Waals surface area contributed by atoms with Crippen molar-refractivity contribution >= 4 is 17.9 Å². The number of benzene rings is 1. The van der Waals surface area contributed by atoms with Gasteiger partial charge in [-0.05, 0) is 11.1 Å². The molecule has 0 N–H and O–H groups in total. The lowest BCUT2D eigenvalue weighted by molar-refractivity contribution is -0.108.